The summed E-state index contributed by atoms with van der Waals surface area (Å²) < 4.78 is 34.3. The van der Waals surface area contributed by atoms with Gasteiger partial charge in [0.15, 0.2) is 0 Å². The van der Waals surface area contributed by atoms with Gasteiger partial charge in [-0.2, -0.15) is 0 Å². The Balaban J connectivity index is 1.62. The molecule has 2 N–H and O–H groups in total. The van der Waals surface area contributed by atoms with Crippen LogP contribution in [0.5, 0.6) is 5.75 Å². The van der Waals surface area contributed by atoms with Gasteiger partial charge in [-0.05, 0) is 42.8 Å². The van der Waals surface area contributed by atoms with Crippen LogP contribution in [0, 0.1) is 0 Å². The number of rotatable bonds is 8. The van der Waals surface area contributed by atoms with Crippen LogP contribution in [-0.2, 0) is 19.6 Å². The minimum Gasteiger partial charge on any atom is -0.495 e. The van der Waals surface area contributed by atoms with Crippen molar-refractivity contribution in [2.75, 3.05) is 16.7 Å². The molecule has 10 heteroatoms. The Bertz CT molecular complexity index is 1410. The van der Waals surface area contributed by atoms with E-state index in [0.29, 0.717) is 0 Å². The summed E-state index contributed by atoms with van der Waals surface area (Å²) in [5, 5.41) is 2.88. The minimum atomic E-state index is -4.20. The Morgan fingerprint density at radius 3 is 2.25 bits per heavy atom. The number of para-hydroxylation sites is 1. The van der Waals surface area contributed by atoms with Gasteiger partial charge >= 0.3 is 0 Å². The number of hydrogen-bond donors (Lipinski definition) is 2. The summed E-state index contributed by atoms with van der Waals surface area (Å²) in [7, 11) is -2.83. The van der Waals surface area contributed by atoms with E-state index in [9.17, 15) is 22.8 Å². The van der Waals surface area contributed by atoms with E-state index in [4.69, 9.17) is 4.74 Å². The van der Waals surface area contributed by atoms with E-state index in [-0.39, 0.29) is 46.5 Å². The first kappa shape index (κ1) is 24.9. The average molecular weight is 508 g/mol. The summed E-state index contributed by atoms with van der Waals surface area (Å²) in [5.41, 5.74) is 1.18. The lowest BCUT2D eigenvalue weighted by atomic mass is 10.1. The number of nitrogens with one attached hydrogen (secondary N) is 2. The molecule has 9 nitrogen and oxygen atoms in total. The van der Waals surface area contributed by atoms with Gasteiger partial charge in [0.2, 0.25) is 11.8 Å². The maximum absolute atomic E-state index is 13.3. The molecule has 0 unspecified atom stereocenters. The lowest BCUT2D eigenvalue weighted by Crippen LogP contribution is -2.29. The monoisotopic (exact) mass is 507 g/mol. The Hall–Kier alpha value is -4.18. The first-order chi connectivity index (χ1) is 17.2. The van der Waals surface area contributed by atoms with Gasteiger partial charge in [0, 0.05) is 12.8 Å². The summed E-state index contributed by atoms with van der Waals surface area (Å²) in [4.78, 5) is 38.3. The second kappa shape index (κ2) is 10.2. The Kier molecular flexibility index (Phi) is 7.07. The first-order valence-electron chi connectivity index (χ1n) is 11.2. The zero-order valence-electron chi connectivity index (χ0n) is 19.7. The van der Waals surface area contributed by atoms with E-state index in [0.717, 1.165) is 10.5 Å². The summed E-state index contributed by atoms with van der Waals surface area (Å²) in [6.07, 6.45) is 0.0855. The predicted molar refractivity (Wildman–Crippen MR) is 134 cm³/mol. The molecule has 4 rings (SSSR count). The van der Waals surface area contributed by atoms with Gasteiger partial charge in [-0.1, -0.05) is 42.5 Å². The predicted octanol–water partition coefficient (Wildman–Crippen LogP) is 3.64. The van der Waals surface area contributed by atoms with Gasteiger partial charge in [0.25, 0.3) is 15.9 Å². The van der Waals surface area contributed by atoms with Crippen molar-refractivity contribution in [3.63, 3.8) is 0 Å². The standard InChI is InChI=1S/C26H25N3O6S/c1-17(18-8-4-3-5-9-18)27-26(32)20-10-6-7-11-21(20)28-36(33,34)19-12-13-23(35-2)22(16-19)29-24(30)14-15-25(29)31/h3-13,16-17,28H,14-15H2,1-2H3,(H,27,32)/t17-/m0/s1. The molecule has 1 heterocycles. The van der Waals surface area contributed by atoms with E-state index in [2.05, 4.69) is 10.0 Å². The number of benzene rings is 3. The van der Waals surface area contributed by atoms with Crippen molar-refractivity contribution in [3.8, 4) is 5.75 Å². The fourth-order valence-electron chi connectivity index (χ4n) is 3.93. The summed E-state index contributed by atoms with van der Waals surface area (Å²) in [5.74, 6) is -1.13. The third-order valence-corrected chi connectivity index (χ3v) is 7.18. The molecule has 186 valence electrons. The quantitative estimate of drug-likeness (QED) is 0.449. The molecule has 1 aliphatic rings. The number of amides is 3. The molecule has 36 heavy (non-hydrogen) atoms. The summed E-state index contributed by atoms with van der Waals surface area (Å²) in [6, 6.07) is 19.2. The lowest BCUT2D eigenvalue weighted by Gasteiger charge is -2.19. The second-order valence-corrected chi connectivity index (χ2v) is 9.90. The second-order valence-electron chi connectivity index (χ2n) is 8.21. The van der Waals surface area contributed by atoms with Crippen LogP contribution in [0.15, 0.2) is 77.7 Å². The smallest absolute Gasteiger partial charge is 0.261 e. The van der Waals surface area contributed by atoms with Crippen molar-refractivity contribution in [1.82, 2.24) is 5.32 Å². The molecule has 0 aliphatic carbocycles. The number of methoxy groups -OCH3 is 1. The van der Waals surface area contributed by atoms with Crippen molar-refractivity contribution >= 4 is 39.1 Å². The minimum absolute atomic E-state index is 0.0428. The van der Waals surface area contributed by atoms with Crippen LogP contribution in [0.1, 0.15) is 41.7 Å². The molecule has 0 radical (unpaired) electrons. The number of carbonyl (C=O) groups excluding carboxylic acids is 3. The van der Waals surface area contributed by atoms with E-state index < -0.39 is 27.7 Å². The molecule has 1 saturated heterocycles. The molecule has 3 aromatic carbocycles. The van der Waals surface area contributed by atoms with Crippen molar-refractivity contribution in [3.05, 3.63) is 83.9 Å². The number of nitrogens with zero attached hydrogens (tertiary/aromatic N) is 1. The molecule has 0 saturated carbocycles. The molecule has 0 spiro atoms. The molecule has 1 fully saturated rings. The highest BCUT2D eigenvalue weighted by atomic mass is 32.2. The summed E-state index contributed by atoms with van der Waals surface area (Å²) >= 11 is 0. The fraction of sp³-hybridized carbons (Fsp3) is 0.192. The number of sulfonamides is 1. The molecule has 1 aliphatic heterocycles. The molecule has 1 atom stereocenters. The van der Waals surface area contributed by atoms with E-state index >= 15 is 0 Å². The zero-order chi connectivity index (χ0) is 25.9. The maximum Gasteiger partial charge on any atom is 0.261 e. The van der Waals surface area contributed by atoms with Gasteiger partial charge in [-0.3, -0.25) is 19.1 Å². The van der Waals surface area contributed by atoms with Crippen LogP contribution >= 0.6 is 0 Å². The Morgan fingerprint density at radius 2 is 1.58 bits per heavy atom. The number of carbonyl (C=O) groups is 3. The highest BCUT2D eigenvalue weighted by Gasteiger charge is 2.33. The Labute approximate surface area is 209 Å². The lowest BCUT2D eigenvalue weighted by molar-refractivity contribution is -0.121. The van der Waals surface area contributed by atoms with Crippen molar-refractivity contribution in [1.29, 1.82) is 0 Å². The maximum atomic E-state index is 13.3. The largest absolute Gasteiger partial charge is 0.495 e. The number of ether oxygens (including phenoxy) is 1. The third kappa shape index (κ3) is 5.08. The van der Waals surface area contributed by atoms with E-state index in [1.165, 1.54) is 37.4 Å². The molecule has 0 aromatic heterocycles. The molecular formula is C26H25N3O6S. The van der Waals surface area contributed by atoms with Crippen molar-refractivity contribution in [2.24, 2.45) is 0 Å². The molecule has 3 aromatic rings. The summed E-state index contributed by atoms with van der Waals surface area (Å²) in [6.45, 7) is 1.83. The Morgan fingerprint density at radius 1 is 0.944 bits per heavy atom. The van der Waals surface area contributed by atoms with E-state index in [1.807, 2.05) is 37.3 Å². The SMILES string of the molecule is COc1ccc(S(=O)(=O)Nc2ccccc2C(=O)N[C@@H](C)c2ccccc2)cc1N1C(=O)CCC1=O. The van der Waals surface area contributed by atoms with E-state index in [1.54, 1.807) is 12.1 Å². The molecule has 0 bridgehead atoms. The van der Waals surface area contributed by atoms with Crippen LogP contribution in [-0.4, -0.2) is 33.2 Å². The topological polar surface area (TPSA) is 122 Å². The third-order valence-electron chi connectivity index (χ3n) is 5.82. The van der Waals surface area contributed by atoms with Gasteiger partial charge in [-0.15, -0.1) is 0 Å². The van der Waals surface area contributed by atoms with Crippen LogP contribution in [0.2, 0.25) is 0 Å². The van der Waals surface area contributed by atoms with Crippen LogP contribution in [0.4, 0.5) is 11.4 Å². The first-order valence-corrected chi connectivity index (χ1v) is 12.7. The zero-order valence-corrected chi connectivity index (χ0v) is 20.5. The van der Waals surface area contributed by atoms with Crippen molar-refractivity contribution in [2.45, 2.75) is 30.7 Å². The normalized spacial score (nSPS) is 14.4. The van der Waals surface area contributed by atoms with Gasteiger partial charge in [0.05, 0.1) is 35.0 Å². The average Bonchev–Trinajstić information content (AvgIpc) is 3.21. The van der Waals surface area contributed by atoms with Gasteiger partial charge < -0.3 is 10.1 Å². The molecular weight excluding hydrogens is 482 g/mol. The van der Waals surface area contributed by atoms with Crippen molar-refractivity contribution < 1.29 is 27.5 Å². The fourth-order valence-corrected chi connectivity index (χ4v) is 5.03. The molecule has 3 amide bonds. The van der Waals surface area contributed by atoms with Gasteiger partial charge in [0.1, 0.15) is 5.75 Å². The van der Waals surface area contributed by atoms with Crippen LogP contribution in [0.3, 0.4) is 0 Å². The highest BCUT2D eigenvalue weighted by molar-refractivity contribution is 7.92. The number of anilines is 2. The number of hydrogen-bond acceptors (Lipinski definition) is 6. The van der Waals surface area contributed by atoms with Crippen LogP contribution < -0.4 is 19.7 Å². The highest BCUT2D eigenvalue weighted by Crippen LogP contribution is 2.35. The number of imide groups is 1. The van der Waals surface area contributed by atoms with Crippen LogP contribution in [0.25, 0.3) is 0 Å². The van der Waals surface area contributed by atoms with Gasteiger partial charge in [-0.25, -0.2) is 13.3 Å².